The van der Waals surface area contributed by atoms with Crippen molar-refractivity contribution in [1.82, 2.24) is 10.6 Å². The Balaban J connectivity index is 2.00. The zero-order valence-corrected chi connectivity index (χ0v) is 12.0. The Morgan fingerprint density at radius 3 is 2.85 bits per heavy atom. The summed E-state index contributed by atoms with van der Waals surface area (Å²) in [5, 5.41) is 8.96. The molecule has 1 heterocycles. The first kappa shape index (κ1) is 14.4. The summed E-state index contributed by atoms with van der Waals surface area (Å²) in [7, 11) is 0. The zero-order chi connectivity index (χ0) is 14.5. The van der Waals surface area contributed by atoms with Gasteiger partial charge in [0.05, 0.1) is 0 Å². The largest absolute Gasteiger partial charge is 0.385 e. The van der Waals surface area contributed by atoms with Gasteiger partial charge in [0.15, 0.2) is 0 Å². The SMILES string of the molecule is CCNc1ccc(C(=O)NC2CCC(=O)NC2)c(C)c1. The summed E-state index contributed by atoms with van der Waals surface area (Å²) in [5.41, 5.74) is 2.65. The van der Waals surface area contributed by atoms with E-state index in [1.807, 2.05) is 32.0 Å². The maximum absolute atomic E-state index is 12.2. The second-order valence-electron chi connectivity index (χ2n) is 5.07. The lowest BCUT2D eigenvalue weighted by atomic mass is 10.0. The highest BCUT2D eigenvalue weighted by atomic mass is 16.2. The van der Waals surface area contributed by atoms with Crippen LogP contribution in [-0.2, 0) is 4.79 Å². The van der Waals surface area contributed by atoms with E-state index < -0.39 is 0 Å². The standard InChI is InChI=1S/C15H21N3O2/c1-3-16-11-4-6-13(10(2)8-11)15(20)18-12-5-7-14(19)17-9-12/h4,6,8,12,16H,3,5,7,9H2,1-2H3,(H,17,19)(H,18,20). The number of carbonyl (C=O) groups excluding carboxylic acids is 2. The number of rotatable bonds is 4. The van der Waals surface area contributed by atoms with Gasteiger partial charge in [0, 0.05) is 36.8 Å². The fourth-order valence-electron chi connectivity index (χ4n) is 2.35. The van der Waals surface area contributed by atoms with Gasteiger partial charge in [-0.05, 0) is 44.0 Å². The lowest BCUT2D eigenvalue weighted by molar-refractivity contribution is -0.122. The summed E-state index contributed by atoms with van der Waals surface area (Å²) < 4.78 is 0. The number of nitrogens with one attached hydrogen (secondary N) is 3. The van der Waals surface area contributed by atoms with Crippen molar-refractivity contribution in [3.8, 4) is 0 Å². The van der Waals surface area contributed by atoms with Crippen LogP contribution in [0.15, 0.2) is 18.2 Å². The van der Waals surface area contributed by atoms with Crippen molar-refractivity contribution in [3.63, 3.8) is 0 Å². The van der Waals surface area contributed by atoms with Gasteiger partial charge in [-0.3, -0.25) is 9.59 Å². The van der Waals surface area contributed by atoms with Crippen LogP contribution in [0.3, 0.4) is 0 Å². The molecular weight excluding hydrogens is 254 g/mol. The number of hydrogen-bond acceptors (Lipinski definition) is 3. The van der Waals surface area contributed by atoms with Crippen molar-refractivity contribution in [1.29, 1.82) is 0 Å². The fraction of sp³-hybridized carbons (Fsp3) is 0.467. The van der Waals surface area contributed by atoms with E-state index in [2.05, 4.69) is 16.0 Å². The first-order chi connectivity index (χ1) is 9.60. The third-order valence-corrected chi connectivity index (χ3v) is 3.45. The number of aryl methyl sites for hydroxylation is 1. The van der Waals surface area contributed by atoms with Gasteiger partial charge in [-0.1, -0.05) is 0 Å². The molecule has 0 aliphatic carbocycles. The van der Waals surface area contributed by atoms with Crippen molar-refractivity contribution < 1.29 is 9.59 Å². The normalized spacial score (nSPS) is 18.3. The zero-order valence-electron chi connectivity index (χ0n) is 12.0. The molecule has 1 aliphatic heterocycles. The van der Waals surface area contributed by atoms with Gasteiger partial charge in [-0.15, -0.1) is 0 Å². The molecule has 20 heavy (non-hydrogen) atoms. The number of hydrogen-bond donors (Lipinski definition) is 3. The van der Waals surface area contributed by atoms with Crippen LogP contribution >= 0.6 is 0 Å². The van der Waals surface area contributed by atoms with Crippen molar-refractivity contribution in [2.45, 2.75) is 32.7 Å². The third kappa shape index (κ3) is 3.50. The summed E-state index contributed by atoms with van der Waals surface area (Å²) in [5.74, 6) is -0.0200. The highest BCUT2D eigenvalue weighted by Gasteiger charge is 2.20. The average molecular weight is 275 g/mol. The molecule has 5 nitrogen and oxygen atoms in total. The van der Waals surface area contributed by atoms with Gasteiger partial charge in [0.25, 0.3) is 5.91 Å². The average Bonchev–Trinajstić information content (AvgIpc) is 2.42. The monoisotopic (exact) mass is 275 g/mol. The van der Waals surface area contributed by atoms with E-state index in [0.29, 0.717) is 24.9 Å². The van der Waals surface area contributed by atoms with E-state index in [4.69, 9.17) is 0 Å². The summed E-state index contributed by atoms with van der Waals surface area (Å²) >= 11 is 0. The van der Waals surface area contributed by atoms with Crippen LogP contribution in [0.1, 0.15) is 35.7 Å². The lowest BCUT2D eigenvalue weighted by Gasteiger charge is -2.23. The number of benzene rings is 1. The Morgan fingerprint density at radius 2 is 2.25 bits per heavy atom. The molecule has 1 unspecified atom stereocenters. The minimum absolute atomic E-state index is 0.0213. The maximum Gasteiger partial charge on any atom is 0.251 e. The Labute approximate surface area is 119 Å². The number of amides is 2. The van der Waals surface area contributed by atoms with Gasteiger partial charge in [-0.25, -0.2) is 0 Å². The molecule has 2 rings (SSSR count). The predicted molar refractivity (Wildman–Crippen MR) is 78.8 cm³/mol. The van der Waals surface area contributed by atoms with E-state index in [0.717, 1.165) is 17.8 Å². The van der Waals surface area contributed by atoms with Crippen molar-refractivity contribution in [2.24, 2.45) is 0 Å². The maximum atomic E-state index is 12.2. The molecule has 0 spiro atoms. The Hall–Kier alpha value is -2.04. The molecule has 3 N–H and O–H groups in total. The quantitative estimate of drug-likeness (QED) is 0.778. The molecule has 0 radical (unpaired) electrons. The van der Waals surface area contributed by atoms with E-state index in [9.17, 15) is 9.59 Å². The molecule has 1 atom stereocenters. The van der Waals surface area contributed by atoms with E-state index >= 15 is 0 Å². The molecule has 0 aromatic heterocycles. The molecule has 0 bridgehead atoms. The van der Waals surface area contributed by atoms with Gasteiger partial charge >= 0.3 is 0 Å². The first-order valence-electron chi connectivity index (χ1n) is 7.02. The van der Waals surface area contributed by atoms with Crippen LogP contribution in [0.4, 0.5) is 5.69 Å². The Kier molecular flexibility index (Phi) is 4.61. The Morgan fingerprint density at radius 1 is 1.45 bits per heavy atom. The second kappa shape index (κ2) is 6.41. The molecule has 5 heteroatoms. The second-order valence-corrected chi connectivity index (χ2v) is 5.07. The topological polar surface area (TPSA) is 70.2 Å². The van der Waals surface area contributed by atoms with Gasteiger partial charge in [0.2, 0.25) is 5.91 Å². The molecule has 1 saturated heterocycles. The van der Waals surface area contributed by atoms with Crippen LogP contribution in [0.2, 0.25) is 0 Å². The molecule has 2 amide bonds. The summed E-state index contributed by atoms with van der Waals surface area (Å²) in [6.07, 6.45) is 1.18. The van der Waals surface area contributed by atoms with E-state index in [-0.39, 0.29) is 17.9 Å². The molecule has 1 aromatic rings. The van der Waals surface area contributed by atoms with Crippen LogP contribution in [0.5, 0.6) is 0 Å². The lowest BCUT2D eigenvalue weighted by Crippen LogP contribution is -2.47. The Bertz CT molecular complexity index is 504. The molecule has 108 valence electrons. The van der Waals surface area contributed by atoms with Crippen molar-refractivity contribution in [3.05, 3.63) is 29.3 Å². The van der Waals surface area contributed by atoms with Crippen molar-refractivity contribution in [2.75, 3.05) is 18.4 Å². The van der Waals surface area contributed by atoms with E-state index in [1.165, 1.54) is 0 Å². The van der Waals surface area contributed by atoms with E-state index in [1.54, 1.807) is 0 Å². The smallest absolute Gasteiger partial charge is 0.251 e. The minimum atomic E-state index is -0.0771. The third-order valence-electron chi connectivity index (χ3n) is 3.45. The number of carbonyl (C=O) groups is 2. The highest BCUT2D eigenvalue weighted by molar-refractivity contribution is 5.96. The highest BCUT2D eigenvalue weighted by Crippen LogP contribution is 2.15. The molecule has 1 fully saturated rings. The molecule has 1 aromatic carbocycles. The fourth-order valence-corrected chi connectivity index (χ4v) is 2.35. The molecule has 0 saturated carbocycles. The summed E-state index contributed by atoms with van der Waals surface area (Å²) in [6.45, 7) is 5.33. The van der Waals surface area contributed by atoms with Gasteiger partial charge < -0.3 is 16.0 Å². The van der Waals surface area contributed by atoms with Crippen LogP contribution < -0.4 is 16.0 Å². The minimum Gasteiger partial charge on any atom is -0.385 e. The molecular formula is C15H21N3O2. The predicted octanol–water partition coefficient (Wildman–Crippen LogP) is 1.44. The molecule has 1 aliphatic rings. The van der Waals surface area contributed by atoms with Crippen molar-refractivity contribution >= 4 is 17.5 Å². The number of anilines is 1. The summed E-state index contributed by atoms with van der Waals surface area (Å²) in [4.78, 5) is 23.3. The van der Waals surface area contributed by atoms with Crippen LogP contribution in [-0.4, -0.2) is 30.9 Å². The number of piperidine rings is 1. The van der Waals surface area contributed by atoms with Crippen LogP contribution in [0, 0.1) is 6.92 Å². The first-order valence-corrected chi connectivity index (χ1v) is 7.02. The van der Waals surface area contributed by atoms with Crippen LogP contribution in [0.25, 0.3) is 0 Å². The van der Waals surface area contributed by atoms with Gasteiger partial charge in [-0.2, -0.15) is 0 Å². The van der Waals surface area contributed by atoms with Gasteiger partial charge in [0.1, 0.15) is 0 Å². The summed E-state index contributed by atoms with van der Waals surface area (Å²) in [6, 6.07) is 5.74.